The van der Waals surface area contributed by atoms with E-state index in [4.69, 9.17) is 29.9 Å². The number of aromatic nitrogens is 8. The predicted molar refractivity (Wildman–Crippen MR) is 241 cm³/mol. The molecule has 0 amide bonds. The van der Waals surface area contributed by atoms with E-state index in [2.05, 4.69) is 128 Å². The first-order chi connectivity index (χ1) is 29.4. The van der Waals surface area contributed by atoms with Gasteiger partial charge < -0.3 is 9.77 Å². The third-order valence-electron chi connectivity index (χ3n) is 12.1. The fraction of sp³-hybridized carbons (Fsp3) is 0.0588. The van der Waals surface area contributed by atoms with Crippen LogP contribution in [0.15, 0.2) is 146 Å². The Morgan fingerprint density at radius 1 is 0.350 bits per heavy atom. The molecular formula is C51H32N8O. The van der Waals surface area contributed by atoms with Crippen LogP contribution < -0.4 is 0 Å². The highest BCUT2D eigenvalue weighted by atomic mass is 16.5. The van der Waals surface area contributed by atoms with Crippen LogP contribution in [-0.4, -0.2) is 44.4 Å². The molecule has 0 atom stereocenters. The van der Waals surface area contributed by atoms with Crippen molar-refractivity contribution >= 4 is 87.2 Å². The molecule has 8 bridgehead atoms. The second-order valence-corrected chi connectivity index (χ2v) is 16.0. The quantitative estimate of drug-likeness (QED) is 0.166. The summed E-state index contributed by atoms with van der Waals surface area (Å²) >= 11 is 0. The van der Waals surface area contributed by atoms with E-state index in [0.717, 1.165) is 103 Å². The lowest BCUT2D eigenvalue weighted by molar-refractivity contribution is 0.209. The molecule has 3 aromatic heterocycles. The smallest absolute Gasteiger partial charge is 0.180 e. The van der Waals surface area contributed by atoms with Gasteiger partial charge in [-0.15, -0.1) is 4.73 Å². The Balaban J connectivity index is 1.29. The summed E-state index contributed by atoms with van der Waals surface area (Å²) in [5, 5.41) is 24.2. The number of fused-ring (bicyclic) bond motifs is 24. The maximum Gasteiger partial charge on any atom is 0.180 e. The van der Waals surface area contributed by atoms with Crippen molar-refractivity contribution in [3.8, 4) is 45.6 Å². The Hall–Kier alpha value is -8.04. The van der Waals surface area contributed by atoms with Crippen LogP contribution >= 0.6 is 0 Å². The molecule has 11 aromatic rings. The molecule has 0 radical (unpaired) electrons. The Morgan fingerprint density at radius 3 is 0.883 bits per heavy atom. The van der Waals surface area contributed by atoms with Crippen LogP contribution in [-0.2, 0) is 0 Å². The molecule has 0 unspecified atom stereocenters. The van der Waals surface area contributed by atoms with Gasteiger partial charge in [-0.05, 0) is 105 Å². The summed E-state index contributed by atoms with van der Waals surface area (Å²) in [7, 11) is 0. The van der Waals surface area contributed by atoms with Crippen molar-refractivity contribution in [1.29, 1.82) is 0 Å². The Labute approximate surface area is 341 Å². The van der Waals surface area contributed by atoms with Gasteiger partial charge in [0.2, 0.25) is 0 Å². The monoisotopic (exact) mass is 772 g/mol. The SMILES string of the molecule is CC(C)n1c2nc3nc(nc4c5cc6ccccc6cc5c(nc5nc(nc1c1cc6ccccc6cc12)-c1cc2ccccc2cc1-5)n4O)-c1cc2ccccc2cc1-3. The average Bonchev–Trinajstić information content (AvgIpc) is 3.95. The van der Waals surface area contributed by atoms with E-state index in [0.29, 0.717) is 34.6 Å². The maximum atomic E-state index is 12.3. The van der Waals surface area contributed by atoms with Crippen molar-refractivity contribution in [2.45, 2.75) is 19.9 Å². The van der Waals surface area contributed by atoms with Crippen molar-refractivity contribution in [3.63, 3.8) is 0 Å². The summed E-state index contributed by atoms with van der Waals surface area (Å²) in [6, 6.07) is 50.1. The first kappa shape index (κ1) is 33.0. The van der Waals surface area contributed by atoms with Crippen molar-refractivity contribution in [3.05, 3.63) is 146 Å². The number of rotatable bonds is 1. The first-order valence-electron chi connectivity index (χ1n) is 20.1. The lowest BCUT2D eigenvalue weighted by Gasteiger charge is -2.09. The molecule has 60 heavy (non-hydrogen) atoms. The van der Waals surface area contributed by atoms with Crippen molar-refractivity contribution < 1.29 is 5.21 Å². The summed E-state index contributed by atoms with van der Waals surface area (Å²) in [5.74, 6) is 1.96. The van der Waals surface area contributed by atoms with Crippen LogP contribution in [0, 0.1) is 0 Å². The van der Waals surface area contributed by atoms with E-state index < -0.39 is 0 Å². The van der Waals surface area contributed by atoms with Crippen molar-refractivity contribution in [2.75, 3.05) is 0 Å². The molecule has 2 aliphatic heterocycles. The van der Waals surface area contributed by atoms with Crippen LogP contribution in [0.4, 0.5) is 0 Å². The lowest BCUT2D eigenvalue weighted by atomic mass is 10.0. The molecule has 8 aromatic carbocycles. The lowest BCUT2D eigenvalue weighted by Crippen LogP contribution is -2.02. The number of benzene rings is 8. The molecule has 5 heterocycles. The molecule has 282 valence electrons. The molecule has 0 aliphatic carbocycles. The molecule has 13 rings (SSSR count). The highest BCUT2D eigenvalue weighted by Gasteiger charge is 2.26. The number of nitrogens with zero attached hydrogens (tertiary/aromatic N) is 8. The summed E-state index contributed by atoms with van der Waals surface area (Å²) in [4.78, 5) is 32.0. The van der Waals surface area contributed by atoms with Crippen molar-refractivity contribution in [2.24, 2.45) is 0 Å². The second kappa shape index (κ2) is 12.0. The zero-order valence-corrected chi connectivity index (χ0v) is 32.5. The third kappa shape index (κ3) is 4.68. The standard InChI is InChI=1S/C51H32N8O/c1-27(2)58-48-40-23-32-15-7-8-16-33(32)24-41(40)49(58)55-45-37-20-29-12-4-6-14-31(29)22-39(37)47(53-45)57-51-43-26-35-18-10-9-17-34(35)25-42(43)50(59(51)60)56-46-38-21-30-13-5-3-11-28(30)19-36(38)44(52-46)54-48/h3-27,60H,1-2H3. The Kier molecular flexibility index (Phi) is 6.60. The Bertz CT molecular complexity index is 3660. The van der Waals surface area contributed by atoms with Gasteiger partial charge in [-0.25, -0.2) is 29.9 Å². The highest BCUT2D eigenvalue weighted by Crippen LogP contribution is 2.42. The van der Waals surface area contributed by atoms with Gasteiger partial charge in [0, 0.05) is 49.8 Å². The largest absolute Gasteiger partial charge is 0.425 e. The van der Waals surface area contributed by atoms with Crippen LogP contribution in [0.1, 0.15) is 19.9 Å². The van der Waals surface area contributed by atoms with Gasteiger partial charge in [0.1, 0.15) is 11.3 Å². The normalized spacial score (nSPS) is 12.4. The first-order valence-corrected chi connectivity index (χ1v) is 20.1. The van der Waals surface area contributed by atoms with E-state index in [1.165, 1.54) is 0 Å². The van der Waals surface area contributed by atoms with E-state index >= 15 is 0 Å². The molecule has 0 spiro atoms. The van der Waals surface area contributed by atoms with Crippen LogP contribution in [0.25, 0.3) is 133 Å². The summed E-state index contributed by atoms with van der Waals surface area (Å²) in [6.07, 6.45) is 0. The number of hydrogen-bond donors (Lipinski definition) is 1. The highest BCUT2D eigenvalue weighted by molar-refractivity contribution is 6.13. The van der Waals surface area contributed by atoms with Gasteiger partial charge in [-0.1, -0.05) is 97.1 Å². The van der Waals surface area contributed by atoms with Gasteiger partial charge in [0.15, 0.2) is 34.6 Å². The van der Waals surface area contributed by atoms with Gasteiger partial charge >= 0.3 is 0 Å². The summed E-state index contributed by atoms with van der Waals surface area (Å²) < 4.78 is 3.29. The molecule has 9 nitrogen and oxygen atoms in total. The van der Waals surface area contributed by atoms with E-state index in [1.807, 2.05) is 36.4 Å². The molecule has 0 saturated heterocycles. The molecular weight excluding hydrogens is 741 g/mol. The third-order valence-corrected chi connectivity index (χ3v) is 12.1. The van der Waals surface area contributed by atoms with Crippen molar-refractivity contribution in [1.82, 2.24) is 39.2 Å². The van der Waals surface area contributed by atoms with Gasteiger partial charge in [-0.3, -0.25) is 0 Å². The average molecular weight is 773 g/mol. The molecule has 0 fully saturated rings. The predicted octanol–water partition coefficient (Wildman–Crippen LogP) is 12.2. The fourth-order valence-corrected chi connectivity index (χ4v) is 9.25. The van der Waals surface area contributed by atoms with E-state index in [1.54, 1.807) is 0 Å². The maximum absolute atomic E-state index is 12.3. The zero-order chi connectivity index (χ0) is 39.8. The van der Waals surface area contributed by atoms with Gasteiger partial charge in [-0.2, -0.15) is 0 Å². The fourth-order valence-electron chi connectivity index (χ4n) is 9.25. The molecule has 1 N–H and O–H groups in total. The zero-order valence-electron chi connectivity index (χ0n) is 32.5. The molecule has 9 heteroatoms. The summed E-state index contributed by atoms with van der Waals surface area (Å²) in [5.41, 5.74) is 5.49. The van der Waals surface area contributed by atoms with Gasteiger partial charge in [0.25, 0.3) is 0 Å². The van der Waals surface area contributed by atoms with E-state index in [-0.39, 0.29) is 6.04 Å². The topological polar surface area (TPSA) is 107 Å². The number of hydrogen-bond acceptors (Lipinski definition) is 7. The van der Waals surface area contributed by atoms with Crippen LogP contribution in [0.5, 0.6) is 0 Å². The minimum Gasteiger partial charge on any atom is -0.425 e. The van der Waals surface area contributed by atoms with Crippen LogP contribution in [0.2, 0.25) is 0 Å². The van der Waals surface area contributed by atoms with E-state index in [9.17, 15) is 5.21 Å². The minimum atomic E-state index is -0.0390. The second-order valence-electron chi connectivity index (χ2n) is 16.0. The summed E-state index contributed by atoms with van der Waals surface area (Å²) in [6.45, 7) is 4.32. The van der Waals surface area contributed by atoms with Crippen LogP contribution in [0.3, 0.4) is 0 Å². The Morgan fingerprint density at radius 2 is 0.600 bits per heavy atom. The minimum absolute atomic E-state index is 0.0390. The molecule has 0 saturated carbocycles. The molecule has 2 aliphatic rings. The van der Waals surface area contributed by atoms with Gasteiger partial charge in [0.05, 0.1) is 0 Å².